The molecule has 1 N–H and O–H groups in total. The van der Waals surface area contributed by atoms with Gasteiger partial charge in [0.25, 0.3) is 0 Å². The van der Waals surface area contributed by atoms with Crippen molar-refractivity contribution in [2.75, 3.05) is 5.32 Å². The lowest BCUT2D eigenvalue weighted by Gasteiger charge is -2.04. The van der Waals surface area contributed by atoms with Gasteiger partial charge in [-0.05, 0) is 19.1 Å². The van der Waals surface area contributed by atoms with Gasteiger partial charge in [-0.25, -0.2) is 9.97 Å². The number of benzene rings is 1. The first kappa shape index (κ1) is 12.1. The number of nitrogens with zero attached hydrogens (tertiary/aromatic N) is 4. The molecule has 2 aromatic heterocycles. The largest absolute Gasteiger partial charge is 0.321 e. The van der Waals surface area contributed by atoms with Crippen molar-refractivity contribution in [3.05, 3.63) is 40.8 Å². The Bertz CT molecular complexity index is 750. The van der Waals surface area contributed by atoms with Gasteiger partial charge in [-0.3, -0.25) is 4.68 Å². The maximum absolute atomic E-state index is 4.49. The highest BCUT2D eigenvalue weighted by Crippen LogP contribution is 2.21. The molecule has 0 atom stereocenters. The minimum absolute atomic E-state index is 0.571. The van der Waals surface area contributed by atoms with Gasteiger partial charge >= 0.3 is 0 Å². The van der Waals surface area contributed by atoms with Crippen molar-refractivity contribution in [1.82, 2.24) is 19.7 Å². The van der Waals surface area contributed by atoms with E-state index in [1.807, 2.05) is 44.6 Å². The molecule has 1 aromatic carbocycles. The molecule has 0 aliphatic carbocycles. The van der Waals surface area contributed by atoms with Crippen LogP contribution >= 0.6 is 15.9 Å². The van der Waals surface area contributed by atoms with E-state index in [1.165, 1.54) is 0 Å². The van der Waals surface area contributed by atoms with Gasteiger partial charge in [-0.1, -0.05) is 22.0 Å². The SMILES string of the molecule is Cc1nn(C)cc1Nc1ncc2ccc(Br)cc2n1. The maximum Gasteiger partial charge on any atom is 0.227 e. The molecule has 2 heterocycles. The fourth-order valence-electron chi connectivity index (χ4n) is 1.90. The van der Waals surface area contributed by atoms with Crippen molar-refractivity contribution in [1.29, 1.82) is 0 Å². The van der Waals surface area contributed by atoms with Crippen molar-refractivity contribution in [2.24, 2.45) is 7.05 Å². The first-order chi connectivity index (χ1) is 9.11. The smallest absolute Gasteiger partial charge is 0.227 e. The van der Waals surface area contributed by atoms with E-state index >= 15 is 0 Å². The van der Waals surface area contributed by atoms with E-state index in [0.717, 1.165) is 26.8 Å². The van der Waals surface area contributed by atoms with Gasteiger partial charge in [-0.2, -0.15) is 5.10 Å². The summed E-state index contributed by atoms with van der Waals surface area (Å²) in [5, 5.41) is 8.47. The highest BCUT2D eigenvalue weighted by atomic mass is 79.9. The van der Waals surface area contributed by atoms with Gasteiger partial charge in [0.05, 0.1) is 16.9 Å². The van der Waals surface area contributed by atoms with Crippen LogP contribution in [-0.2, 0) is 7.05 Å². The lowest BCUT2D eigenvalue weighted by atomic mass is 10.2. The monoisotopic (exact) mass is 317 g/mol. The van der Waals surface area contributed by atoms with E-state index in [9.17, 15) is 0 Å². The van der Waals surface area contributed by atoms with Gasteiger partial charge < -0.3 is 5.32 Å². The number of rotatable bonds is 2. The molecule has 96 valence electrons. The van der Waals surface area contributed by atoms with E-state index in [4.69, 9.17) is 0 Å². The molecule has 6 heteroatoms. The van der Waals surface area contributed by atoms with Crippen LogP contribution in [-0.4, -0.2) is 19.7 Å². The summed E-state index contributed by atoms with van der Waals surface area (Å²) in [6.45, 7) is 1.94. The third kappa shape index (κ3) is 2.44. The maximum atomic E-state index is 4.49. The Morgan fingerprint density at radius 1 is 1.32 bits per heavy atom. The summed E-state index contributed by atoms with van der Waals surface area (Å²) in [4.78, 5) is 8.80. The molecule has 0 amide bonds. The summed E-state index contributed by atoms with van der Waals surface area (Å²) in [6, 6.07) is 5.93. The Morgan fingerprint density at radius 3 is 2.89 bits per heavy atom. The van der Waals surface area contributed by atoms with Crippen molar-refractivity contribution in [3.8, 4) is 0 Å². The highest BCUT2D eigenvalue weighted by molar-refractivity contribution is 9.10. The average Bonchev–Trinajstić information content (AvgIpc) is 2.67. The molecular weight excluding hydrogens is 306 g/mol. The molecule has 0 radical (unpaired) electrons. The number of hydrogen-bond acceptors (Lipinski definition) is 4. The minimum atomic E-state index is 0.571. The number of aryl methyl sites for hydroxylation is 2. The Labute approximate surface area is 118 Å². The lowest BCUT2D eigenvalue weighted by molar-refractivity contribution is 0.756. The van der Waals surface area contributed by atoms with Crippen LogP contribution in [0.25, 0.3) is 10.9 Å². The number of anilines is 2. The number of nitrogens with one attached hydrogen (secondary N) is 1. The van der Waals surface area contributed by atoms with E-state index in [2.05, 4.69) is 36.3 Å². The predicted molar refractivity (Wildman–Crippen MR) is 78.5 cm³/mol. The van der Waals surface area contributed by atoms with E-state index in [-0.39, 0.29) is 0 Å². The number of hydrogen-bond donors (Lipinski definition) is 1. The van der Waals surface area contributed by atoms with Crippen LogP contribution < -0.4 is 5.32 Å². The zero-order chi connectivity index (χ0) is 13.4. The molecule has 3 rings (SSSR count). The van der Waals surface area contributed by atoms with Gasteiger partial charge in [0, 0.05) is 29.3 Å². The van der Waals surface area contributed by atoms with Crippen LogP contribution in [0.3, 0.4) is 0 Å². The molecule has 0 spiro atoms. The quantitative estimate of drug-likeness (QED) is 0.788. The molecule has 19 heavy (non-hydrogen) atoms. The molecule has 0 unspecified atom stereocenters. The van der Waals surface area contributed by atoms with Gasteiger partial charge in [0.15, 0.2) is 0 Å². The van der Waals surface area contributed by atoms with E-state index < -0.39 is 0 Å². The van der Waals surface area contributed by atoms with E-state index in [1.54, 1.807) is 4.68 Å². The third-order valence-electron chi connectivity index (χ3n) is 2.80. The molecule has 0 fully saturated rings. The molecule has 3 aromatic rings. The molecule has 0 aliphatic rings. The minimum Gasteiger partial charge on any atom is -0.321 e. The van der Waals surface area contributed by atoms with Crippen molar-refractivity contribution >= 4 is 38.5 Å². The third-order valence-corrected chi connectivity index (χ3v) is 3.30. The lowest BCUT2D eigenvalue weighted by Crippen LogP contribution is -1.97. The first-order valence-corrected chi connectivity index (χ1v) is 6.61. The second-order valence-electron chi connectivity index (χ2n) is 4.32. The van der Waals surface area contributed by atoms with Gasteiger partial charge in [-0.15, -0.1) is 0 Å². The molecule has 0 saturated carbocycles. The van der Waals surface area contributed by atoms with Crippen LogP contribution in [0.1, 0.15) is 5.69 Å². The molecule has 5 nitrogen and oxygen atoms in total. The van der Waals surface area contributed by atoms with Crippen molar-refractivity contribution in [3.63, 3.8) is 0 Å². The second-order valence-corrected chi connectivity index (χ2v) is 5.24. The predicted octanol–water partition coefficient (Wildman–Crippen LogP) is 3.18. The van der Waals surface area contributed by atoms with E-state index in [0.29, 0.717) is 5.95 Å². The van der Waals surface area contributed by atoms with Crippen LogP contribution in [0.15, 0.2) is 35.1 Å². The Morgan fingerprint density at radius 2 is 2.16 bits per heavy atom. The van der Waals surface area contributed by atoms with Crippen LogP contribution in [0.4, 0.5) is 11.6 Å². The Balaban J connectivity index is 1.99. The summed E-state index contributed by atoms with van der Waals surface area (Å²) in [5.41, 5.74) is 2.73. The topological polar surface area (TPSA) is 55.6 Å². The fourth-order valence-corrected chi connectivity index (χ4v) is 2.25. The van der Waals surface area contributed by atoms with Gasteiger partial charge in [0.2, 0.25) is 5.95 Å². The summed E-state index contributed by atoms with van der Waals surface area (Å²) >= 11 is 3.44. The average molecular weight is 318 g/mol. The number of aromatic nitrogens is 4. The Kier molecular flexibility index (Phi) is 2.94. The van der Waals surface area contributed by atoms with Crippen molar-refractivity contribution in [2.45, 2.75) is 6.92 Å². The Hall–Kier alpha value is -1.95. The van der Waals surface area contributed by atoms with Crippen molar-refractivity contribution < 1.29 is 0 Å². The summed E-state index contributed by atoms with van der Waals surface area (Å²) < 4.78 is 2.76. The zero-order valence-corrected chi connectivity index (χ0v) is 12.1. The first-order valence-electron chi connectivity index (χ1n) is 5.81. The molecule has 0 bridgehead atoms. The zero-order valence-electron chi connectivity index (χ0n) is 10.6. The van der Waals surface area contributed by atoms with Gasteiger partial charge in [0.1, 0.15) is 0 Å². The van der Waals surface area contributed by atoms with Crippen LogP contribution in [0.5, 0.6) is 0 Å². The molecule has 0 aliphatic heterocycles. The molecular formula is C13H12BrN5. The van der Waals surface area contributed by atoms with Crippen LogP contribution in [0, 0.1) is 6.92 Å². The molecule has 0 saturated heterocycles. The fraction of sp³-hybridized carbons (Fsp3) is 0.154. The summed E-state index contributed by atoms with van der Waals surface area (Å²) in [6.07, 6.45) is 3.71. The summed E-state index contributed by atoms with van der Waals surface area (Å²) in [7, 11) is 1.89. The normalized spacial score (nSPS) is 10.9. The highest BCUT2D eigenvalue weighted by Gasteiger charge is 2.06. The number of fused-ring (bicyclic) bond motifs is 1. The standard InChI is InChI=1S/C13H12BrN5/c1-8-12(7-19(2)18-8)17-13-15-6-9-3-4-10(14)5-11(9)16-13/h3-7H,1-2H3,(H,15,16,17). The summed E-state index contributed by atoms with van der Waals surface area (Å²) in [5.74, 6) is 0.571. The second kappa shape index (κ2) is 4.62. The van der Waals surface area contributed by atoms with Crippen LogP contribution in [0.2, 0.25) is 0 Å². The number of halogens is 1.